The number of aromatic nitrogens is 3. The van der Waals surface area contributed by atoms with E-state index in [4.69, 9.17) is 5.73 Å². The van der Waals surface area contributed by atoms with Crippen LogP contribution in [0.25, 0.3) is 0 Å². The number of thiazole rings is 1. The maximum atomic E-state index is 12.3. The number of imidazole rings is 1. The Kier molecular flexibility index (Phi) is 3.43. The van der Waals surface area contributed by atoms with Gasteiger partial charge >= 0.3 is 0 Å². The highest BCUT2D eigenvalue weighted by Crippen LogP contribution is 2.47. The molecule has 20 heavy (non-hydrogen) atoms. The molecule has 1 fully saturated rings. The maximum absolute atomic E-state index is 12.3. The molecule has 0 bridgehead atoms. The number of anilines is 1. The van der Waals surface area contributed by atoms with Gasteiger partial charge in [0, 0.05) is 37.3 Å². The van der Waals surface area contributed by atoms with Crippen molar-refractivity contribution in [2.45, 2.75) is 25.8 Å². The van der Waals surface area contributed by atoms with Gasteiger partial charge in [-0.2, -0.15) is 0 Å². The monoisotopic (exact) mass is 291 g/mol. The summed E-state index contributed by atoms with van der Waals surface area (Å²) in [6, 6.07) is 0. The minimum atomic E-state index is -0.234. The second-order valence-electron chi connectivity index (χ2n) is 5.20. The fourth-order valence-electron chi connectivity index (χ4n) is 2.27. The molecule has 0 unspecified atom stereocenters. The van der Waals surface area contributed by atoms with E-state index in [2.05, 4.69) is 15.3 Å². The zero-order chi connectivity index (χ0) is 14.0. The van der Waals surface area contributed by atoms with Crippen molar-refractivity contribution in [1.29, 1.82) is 0 Å². The topological polar surface area (TPSA) is 85.8 Å². The lowest BCUT2D eigenvalue weighted by Crippen LogP contribution is -2.35. The number of hydrogen-bond donors (Lipinski definition) is 2. The summed E-state index contributed by atoms with van der Waals surface area (Å²) in [5.74, 6) is 0.134. The second-order valence-corrected chi connectivity index (χ2v) is 6.09. The van der Waals surface area contributed by atoms with Crippen molar-refractivity contribution in [2.24, 2.45) is 5.41 Å². The van der Waals surface area contributed by atoms with Crippen LogP contribution in [0.5, 0.6) is 0 Å². The zero-order valence-corrected chi connectivity index (χ0v) is 11.9. The molecule has 3 N–H and O–H groups in total. The van der Waals surface area contributed by atoms with Crippen LogP contribution in [0.15, 0.2) is 24.1 Å². The maximum Gasteiger partial charge on any atom is 0.228 e. The molecular weight excluding hydrogens is 274 g/mol. The summed E-state index contributed by atoms with van der Waals surface area (Å²) in [6.07, 6.45) is 8.00. The molecule has 1 saturated carbocycles. The van der Waals surface area contributed by atoms with Crippen LogP contribution in [0.2, 0.25) is 0 Å². The summed E-state index contributed by atoms with van der Waals surface area (Å²) in [5.41, 5.74) is 6.28. The Labute approximate surface area is 121 Å². The number of amides is 1. The van der Waals surface area contributed by atoms with Crippen molar-refractivity contribution in [3.05, 3.63) is 29.8 Å². The number of nitrogens with zero attached hydrogens (tertiary/aromatic N) is 3. The summed E-state index contributed by atoms with van der Waals surface area (Å²) in [5, 5.41) is 5.51. The molecule has 7 heteroatoms. The van der Waals surface area contributed by atoms with Crippen LogP contribution in [0, 0.1) is 5.41 Å². The van der Waals surface area contributed by atoms with Gasteiger partial charge in [0.1, 0.15) is 0 Å². The third kappa shape index (κ3) is 2.82. The van der Waals surface area contributed by atoms with Gasteiger partial charge < -0.3 is 15.6 Å². The first kappa shape index (κ1) is 13.1. The van der Waals surface area contributed by atoms with Crippen molar-refractivity contribution in [2.75, 3.05) is 12.3 Å². The number of carbonyl (C=O) groups excluding carboxylic acids is 1. The standard InChI is InChI=1S/C13H17N5OS/c14-12-17-10(7-20-12)1-4-16-11(19)13(2-3-13)8-18-6-5-15-9-18/h5-7,9H,1-4,8H2,(H2,14,17)(H,16,19). The van der Waals surface area contributed by atoms with Crippen LogP contribution >= 0.6 is 11.3 Å². The lowest BCUT2D eigenvalue weighted by Gasteiger charge is -2.15. The molecule has 2 heterocycles. The van der Waals surface area contributed by atoms with Crippen LogP contribution in [0.1, 0.15) is 18.5 Å². The minimum absolute atomic E-state index is 0.134. The number of carbonyl (C=O) groups is 1. The van der Waals surface area contributed by atoms with Gasteiger partial charge in [0.2, 0.25) is 5.91 Å². The predicted molar refractivity (Wildman–Crippen MR) is 77.1 cm³/mol. The number of rotatable bonds is 6. The summed E-state index contributed by atoms with van der Waals surface area (Å²) in [6.45, 7) is 1.32. The molecule has 2 aromatic heterocycles. The highest BCUT2D eigenvalue weighted by Gasteiger charge is 2.49. The number of nitrogens with two attached hydrogens (primary N) is 1. The van der Waals surface area contributed by atoms with E-state index in [1.807, 2.05) is 16.1 Å². The molecule has 0 saturated heterocycles. The van der Waals surface area contributed by atoms with Crippen LogP contribution in [0.4, 0.5) is 5.13 Å². The van der Waals surface area contributed by atoms with Gasteiger partial charge in [-0.05, 0) is 12.8 Å². The lowest BCUT2D eigenvalue weighted by atomic mass is 10.1. The molecule has 3 rings (SSSR count). The van der Waals surface area contributed by atoms with Crippen molar-refractivity contribution in [3.8, 4) is 0 Å². The zero-order valence-electron chi connectivity index (χ0n) is 11.1. The van der Waals surface area contributed by atoms with E-state index in [1.165, 1.54) is 11.3 Å². The Hall–Kier alpha value is -1.89. The Morgan fingerprint density at radius 2 is 2.40 bits per heavy atom. The van der Waals surface area contributed by atoms with E-state index in [-0.39, 0.29) is 11.3 Å². The van der Waals surface area contributed by atoms with Gasteiger partial charge in [-0.15, -0.1) is 11.3 Å². The van der Waals surface area contributed by atoms with Crippen molar-refractivity contribution >= 4 is 22.4 Å². The number of nitrogen functional groups attached to an aromatic ring is 1. The van der Waals surface area contributed by atoms with Crippen LogP contribution in [-0.2, 0) is 17.8 Å². The molecule has 1 aliphatic carbocycles. The first-order chi connectivity index (χ1) is 9.68. The Bertz CT molecular complexity index is 588. The van der Waals surface area contributed by atoms with Crippen molar-refractivity contribution in [3.63, 3.8) is 0 Å². The first-order valence-corrected chi connectivity index (χ1v) is 7.50. The predicted octanol–water partition coefficient (Wildman–Crippen LogP) is 1.06. The Balaban J connectivity index is 1.49. The molecule has 0 aliphatic heterocycles. The molecule has 106 valence electrons. The van der Waals surface area contributed by atoms with E-state index in [1.54, 1.807) is 12.5 Å². The van der Waals surface area contributed by atoms with Gasteiger partial charge in [-0.3, -0.25) is 4.79 Å². The third-order valence-corrected chi connectivity index (χ3v) is 4.34. The highest BCUT2D eigenvalue weighted by molar-refractivity contribution is 7.13. The molecule has 0 spiro atoms. The average molecular weight is 291 g/mol. The third-order valence-electron chi connectivity index (χ3n) is 3.62. The minimum Gasteiger partial charge on any atom is -0.375 e. The highest BCUT2D eigenvalue weighted by atomic mass is 32.1. The molecule has 0 atom stereocenters. The normalized spacial score (nSPS) is 16.0. The summed E-state index contributed by atoms with van der Waals surface area (Å²) in [4.78, 5) is 20.5. The van der Waals surface area contributed by atoms with Gasteiger partial charge in [0.05, 0.1) is 17.4 Å². The molecule has 0 radical (unpaired) electrons. The van der Waals surface area contributed by atoms with Gasteiger partial charge in [0.15, 0.2) is 5.13 Å². The molecule has 1 aliphatic rings. The molecular formula is C13H17N5OS. The van der Waals surface area contributed by atoms with E-state index in [0.29, 0.717) is 18.2 Å². The molecule has 6 nitrogen and oxygen atoms in total. The molecule has 1 amide bonds. The van der Waals surface area contributed by atoms with Crippen molar-refractivity contribution < 1.29 is 4.79 Å². The summed E-state index contributed by atoms with van der Waals surface area (Å²) < 4.78 is 1.97. The van der Waals surface area contributed by atoms with Crippen LogP contribution in [0.3, 0.4) is 0 Å². The fraction of sp³-hybridized carbons (Fsp3) is 0.462. The number of hydrogen-bond acceptors (Lipinski definition) is 5. The average Bonchev–Trinajstić information content (AvgIpc) is 2.83. The van der Waals surface area contributed by atoms with Gasteiger partial charge in [-0.1, -0.05) is 0 Å². The smallest absolute Gasteiger partial charge is 0.228 e. The van der Waals surface area contributed by atoms with E-state index < -0.39 is 0 Å². The van der Waals surface area contributed by atoms with Crippen molar-refractivity contribution in [1.82, 2.24) is 19.9 Å². The van der Waals surface area contributed by atoms with E-state index in [9.17, 15) is 4.79 Å². The van der Waals surface area contributed by atoms with Crippen LogP contribution in [-0.4, -0.2) is 27.0 Å². The van der Waals surface area contributed by atoms with E-state index in [0.717, 1.165) is 25.0 Å². The molecule has 0 aromatic carbocycles. The molecule has 2 aromatic rings. The van der Waals surface area contributed by atoms with Gasteiger partial charge in [0.25, 0.3) is 0 Å². The fourth-order valence-corrected chi connectivity index (χ4v) is 2.86. The van der Waals surface area contributed by atoms with E-state index >= 15 is 0 Å². The SMILES string of the molecule is Nc1nc(CCNC(=O)C2(Cn3ccnc3)CC2)cs1. The quantitative estimate of drug-likeness (QED) is 0.833. The largest absolute Gasteiger partial charge is 0.375 e. The van der Waals surface area contributed by atoms with Gasteiger partial charge in [-0.25, -0.2) is 9.97 Å². The summed E-state index contributed by atoms with van der Waals surface area (Å²) >= 11 is 1.43. The summed E-state index contributed by atoms with van der Waals surface area (Å²) in [7, 11) is 0. The lowest BCUT2D eigenvalue weighted by molar-refractivity contribution is -0.126. The Morgan fingerprint density at radius 1 is 1.55 bits per heavy atom. The van der Waals surface area contributed by atoms with Crippen LogP contribution < -0.4 is 11.1 Å². The Morgan fingerprint density at radius 3 is 3.00 bits per heavy atom. The number of nitrogens with one attached hydrogen (secondary N) is 1. The second kappa shape index (κ2) is 5.24. The first-order valence-electron chi connectivity index (χ1n) is 6.62.